The molecule has 2 aromatic rings. The van der Waals surface area contributed by atoms with Crippen molar-refractivity contribution in [1.29, 1.82) is 0 Å². The number of fused-ring (bicyclic) bond motifs is 1. The van der Waals surface area contributed by atoms with Crippen LogP contribution in [0.5, 0.6) is 0 Å². The maximum atomic E-state index is 2.32. The summed E-state index contributed by atoms with van der Waals surface area (Å²) in [5.41, 5.74) is 0. The summed E-state index contributed by atoms with van der Waals surface area (Å²) in [6.45, 7) is 0. The van der Waals surface area contributed by atoms with E-state index in [1.54, 1.807) is 0 Å². The fourth-order valence-corrected chi connectivity index (χ4v) is 16.6. The molecule has 0 fully saturated rings. The van der Waals surface area contributed by atoms with Crippen LogP contribution in [0.3, 0.4) is 0 Å². The van der Waals surface area contributed by atoms with Crippen molar-refractivity contribution < 1.29 is 0 Å². The third-order valence-corrected chi connectivity index (χ3v) is 17.5. The predicted molar refractivity (Wildman–Crippen MR) is 142 cm³/mol. The van der Waals surface area contributed by atoms with Crippen LogP contribution in [0.1, 0.15) is 0 Å². The van der Waals surface area contributed by atoms with Gasteiger partial charge in [0.1, 0.15) is 0 Å². The first-order valence-electron chi connectivity index (χ1n) is 8.34. The molecule has 1 aromatic heterocycles. The summed E-state index contributed by atoms with van der Waals surface area (Å²) in [6, 6.07) is 9.02. The van der Waals surface area contributed by atoms with Crippen molar-refractivity contribution in [2.24, 2.45) is 0 Å². The summed E-state index contributed by atoms with van der Waals surface area (Å²) >= 11 is 18.2. The molecule has 0 N–H and O–H groups in total. The fraction of sp³-hybridized carbons (Fsp3) is 0.222. The van der Waals surface area contributed by atoms with Crippen molar-refractivity contribution >= 4 is 125 Å². The Morgan fingerprint density at radius 1 is 0.481 bits per heavy atom. The second-order valence-corrected chi connectivity index (χ2v) is 16.9. The normalized spacial score (nSPS) is 22.8. The van der Waals surface area contributed by atoms with Gasteiger partial charge in [-0.25, -0.2) is 0 Å². The lowest BCUT2D eigenvalue weighted by atomic mass is 10.2. The Labute approximate surface area is 196 Å². The molecular formula is C18H12S9. The zero-order valence-corrected chi connectivity index (χ0v) is 21.2. The van der Waals surface area contributed by atoms with E-state index in [-0.39, 0.29) is 0 Å². The van der Waals surface area contributed by atoms with Gasteiger partial charge in [-0.3, -0.25) is 0 Å². The molecule has 138 valence electrons. The lowest BCUT2D eigenvalue weighted by Crippen LogP contribution is -1.96. The zero-order chi connectivity index (χ0) is 17.8. The highest BCUT2D eigenvalue weighted by Gasteiger charge is 2.28. The Balaban J connectivity index is 1.52. The van der Waals surface area contributed by atoms with Crippen LogP contribution in [0.15, 0.2) is 41.2 Å². The first kappa shape index (κ1) is 18.9. The molecule has 0 nitrogen and oxygen atoms in total. The minimum Gasteiger partial charge on any atom is -0.132 e. The number of hydrogen-bond donors (Lipinski definition) is 0. The molecule has 27 heavy (non-hydrogen) atoms. The van der Waals surface area contributed by atoms with E-state index in [0.717, 1.165) is 0 Å². The van der Waals surface area contributed by atoms with Gasteiger partial charge in [0.25, 0.3) is 0 Å². The highest BCUT2D eigenvalue weighted by atomic mass is 32.3. The van der Waals surface area contributed by atoms with Gasteiger partial charge in [0, 0.05) is 33.8 Å². The molecule has 0 unspecified atom stereocenters. The standard InChI is InChI=1S/C18H12S9/c1-2-4-10-9(3-1)11(13-24-15-16(25-13)20-6-5-19-15)23-12(10)14-26-17-18(27-14)22-8-7-21-17/h1-4H,5-8H2. The smallest absolute Gasteiger partial charge is 0.0689 e. The highest BCUT2D eigenvalue weighted by molar-refractivity contribution is 8.47. The van der Waals surface area contributed by atoms with Crippen molar-refractivity contribution in [2.45, 2.75) is 0 Å². The topological polar surface area (TPSA) is 0 Å². The van der Waals surface area contributed by atoms with E-state index >= 15 is 0 Å². The minimum absolute atomic E-state index is 1.25. The maximum absolute atomic E-state index is 2.32. The van der Waals surface area contributed by atoms with Gasteiger partial charge >= 0.3 is 0 Å². The second kappa shape index (κ2) is 8.04. The van der Waals surface area contributed by atoms with Crippen LogP contribution in [0, 0.1) is 0 Å². The Hall–Kier alpha value is 1.20. The monoisotopic (exact) mass is 516 g/mol. The van der Waals surface area contributed by atoms with Crippen molar-refractivity contribution in [2.75, 3.05) is 23.0 Å². The van der Waals surface area contributed by atoms with Crippen molar-refractivity contribution in [3.05, 3.63) is 50.3 Å². The molecule has 0 spiro atoms. The Bertz CT molecular complexity index is 1010. The predicted octanol–water partition coefficient (Wildman–Crippen LogP) is 7.21. The molecule has 9 heteroatoms. The van der Waals surface area contributed by atoms with E-state index < -0.39 is 0 Å². The van der Waals surface area contributed by atoms with Crippen LogP contribution in [0.2, 0.25) is 0 Å². The van der Waals surface area contributed by atoms with E-state index in [1.165, 1.54) is 68.3 Å². The summed E-state index contributed by atoms with van der Waals surface area (Å²) in [5, 5.41) is 2.86. The highest BCUT2D eigenvalue weighted by Crippen LogP contribution is 2.61. The van der Waals surface area contributed by atoms with Gasteiger partial charge < -0.3 is 0 Å². The van der Waals surface area contributed by atoms with Crippen LogP contribution in [-0.2, 0) is 0 Å². The quantitative estimate of drug-likeness (QED) is 0.356. The SMILES string of the molecule is c1ccc2c(=C3SC4=C(SCCS4)S3)sc(=C3SC4=C(SCCS4)S3)c2c1. The molecule has 4 aliphatic rings. The van der Waals surface area contributed by atoms with Gasteiger partial charge in [0.05, 0.1) is 34.5 Å². The molecule has 4 aliphatic heterocycles. The summed E-state index contributed by atoms with van der Waals surface area (Å²) in [6.07, 6.45) is 0. The molecule has 6 rings (SSSR count). The molecule has 5 heterocycles. The summed E-state index contributed by atoms with van der Waals surface area (Å²) in [4.78, 5) is 0. The molecule has 0 saturated carbocycles. The summed E-state index contributed by atoms with van der Waals surface area (Å²) in [5.74, 6) is 4.99. The van der Waals surface area contributed by atoms with E-state index in [0.29, 0.717) is 0 Å². The van der Waals surface area contributed by atoms with E-state index in [1.807, 2.05) is 105 Å². The molecule has 0 atom stereocenters. The summed E-state index contributed by atoms with van der Waals surface area (Å²) in [7, 11) is 0. The second-order valence-electron chi connectivity index (χ2n) is 5.83. The van der Waals surface area contributed by atoms with Crippen molar-refractivity contribution in [3.63, 3.8) is 0 Å². The van der Waals surface area contributed by atoms with Crippen LogP contribution in [0.4, 0.5) is 0 Å². The number of thiophene rings is 1. The van der Waals surface area contributed by atoms with Gasteiger partial charge in [-0.05, 0) is 0 Å². The Morgan fingerprint density at radius 2 is 0.852 bits per heavy atom. The van der Waals surface area contributed by atoms with E-state index in [4.69, 9.17) is 0 Å². The molecule has 0 aliphatic carbocycles. The fourth-order valence-electron chi connectivity index (χ4n) is 3.02. The molecule has 0 radical (unpaired) electrons. The third-order valence-electron chi connectivity index (χ3n) is 4.17. The molecule has 0 bridgehead atoms. The average Bonchev–Trinajstić information content (AvgIpc) is 3.41. The van der Waals surface area contributed by atoms with Gasteiger partial charge in [0.2, 0.25) is 0 Å². The molecule has 0 amide bonds. The third kappa shape index (κ3) is 3.51. The van der Waals surface area contributed by atoms with Crippen LogP contribution < -0.4 is 9.06 Å². The zero-order valence-electron chi connectivity index (χ0n) is 13.8. The summed E-state index contributed by atoms with van der Waals surface area (Å²) < 4.78 is 12.1. The lowest BCUT2D eigenvalue weighted by molar-refractivity contribution is 1.56. The molecule has 0 saturated heterocycles. The first-order chi connectivity index (χ1) is 13.4. The van der Waals surface area contributed by atoms with Crippen LogP contribution in [0.25, 0.3) is 19.2 Å². The Morgan fingerprint density at radius 3 is 1.22 bits per heavy atom. The van der Waals surface area contributed by atoms with Gasteiger partial charge in [-0.2, -0.15) is 0 Å². The lowest BCUT2D eigenvalue weighted by Gasteiger charge is -2.08. The van der Waals surface area contributed by atoms with E-state index in [2.05, 4.69) is 24.3 Å². The van der Waals surface area contributed by atoms with Gasteiger partial charge in [-0.1, -0.05) is 71.3 Å². The van der Waals surface area contributed by atoms with Crippen LogP contribution in [-0.4, -0.2) is 23.0 Å². The van der Waals surface area contributed by atoms with Crippen molar-refractivity contribution in [1.82, 2.24) is 0 Å². The number of hydrogen-bond acceptors (Lipinski definition) is 9. The van der Waals surface area contributed by atoms with Crippen LogP contribution >= 0.6 is 105 Å². The first-order valence-corrected chi connectivity index (χ1v) is 16.4. The average molecular weight is 517 g/mol. The van der Waals surface area contributed by atoms with Gasteiger partial charge in [-0.15, -0.1) is 58.4 Å². The largest absolute Gasteiger partial charge is 0.132 e. The molecular weight excluding hydrogens is 505 g/mol. The van der Waals surface area contributed by atoms with E-state index in [9.17, 15) is 0 Å². The number of rotatable bonds is 0. The van der Waals surface area contributed by atoms with Gasteiger partial charge in [0.15, 0.2) is 0 Å². The van der Waals surface area contributed by atoms with Crippen molar-refractivity contribution in [3.8, 4) is 0 Å². The Kier molecular flexibility index (Phi) is 5.63. The molecule has 1 aromatic carbocycles. The maximum Gasteiger partial charge on any atom is 0.0689 e. The number of benzene rings is 1. The minimum atomic E-state index is 1.25. The number of thioether (sulfide) groups is 8.